The molecule has 364 valence electrons. The van der Waals surface area contributed by atoms with Gasteiger partial charge in [-0.1, -0.05) is 26.0 Å². The number of carbonyl (C=O) groups excluding carboxylic acids is 4. The Kier molecular flexibility index (Phi) is 16.8. The molecule has 0 aromatic rings. The lowest BCUT2D eigenvalue weighted by Gasteiger charge is -2.42. The van der Waals surface area contributed by atoms with Gasteiger partial charge < -0.3 is 88.2 Å². The molecule has 65 heavy (non-hydrogen) atoms. The number of ether oxygens (including phenoxy) is 10. The molecule has 0 amide bonds. The van der Waals surface area contributed by atoms with E-state index in [2.05, 4.69) is 0 Å². The molecule has 1 saturated carbocycles. The summed E-state index contributed by atoms with van der Waals surface area (Å²) in [5.41, 5.74) is 0.476. The fourth-order valence-electron chi connectivity index (χ4n) is 9.33. The number of allylic oxidation sites excluding steroid dienone is 2. The molecular formula is C43H60O22. The number of fused-ring (bicyclic) bond motifs is 3. The van der Waals surface area contributed by atoms with Crippen LogP contribution in [0.15, 0.2) is 47.0 Å². The number of cyclic esters (lactones) is 1. The van der Waals surface area contributed by atoms with E-state index in [0.29, 0.717) is 6.42 Å². The first-order valence-corrected chi connectivity index (χ1v) is 21.5. The van der Waals surface area contributed by atoms with Crippen molar-refractivity contribution in [2.24, 2.45) is 35.5 Å². The van der Waals surface area contributed by atoms with Crippen LogP contribution in [0.4, 0.5) is 0 Å². The van der Waals surface area contributed by atoms with Gasteiger partial charge in [-0.25, -0.2) is 9.59 Å². The molecule has 1 aliphatic carbocycles. The summed E-state index contributed by atoms with van der Waals surface area (Å²) in [6.07, 6.45) is -14.4. The van der Waals surface area contributed by atoms with Crippen molar-refractivity contribution in [3.05, 3.63) is 47.0 Å². The van der Waals surface area contributed by atoms with Gasteiger partial charge in [0.25, 0.3) is 0 Å². The molecule has 0 aromatic carbocycles. The summed E-state index contributed by atoms with van der Waals surface area (Å²) in [5, 5.41) is 81.3. The molecule has 9 unspecified atom stereocenters. The summed E-state index contributed by atoms with van der Waals surface area (Å²) in [6.45, 7) is 5.37. The van der Waals surface area contributed by atoms with E-state index in [9.17, 15) is 60.0 Å². The average Bonchev–Trinajstić information content (AvgIpc) is 3.60. The van der Waals surface area contributed by atoms with E-state index in [-0.39, 0.29) is 65.6 Å². The number of methoxy groups -OCH3 is 1. The first kappa shape index (κ1) is 50.4. The SMILES string of the molecule is C/C=C1\C(O[C@@H]2O[C@H](CO)[C@@H](O)[C@H](O)[C@H]2O)OC=C(C(=O)OC)C1CC(=O)OCC(C)C1CC2OC(=O)C3=COC(O[C@@H]4O[C@H](CO)[C@@H](O)[C@H](O)[C@H]4O)/C(=C\C)C3CC(=O)OCC1C2C. The molecular weight excluding hydrogens is 868 g/mol. The maximum Gasteiger partial charge on any atom is 0.338 e. The lowest BCUT2D eigenvalue weighted by molar-refractivity contribution is -0.327. The molecule has 0 spiro atoms. The fraction of sp³-hybridized carbons (Fsp3) is 0.721. The number of rotatable bonds is 12. The van der Waals surface area contributed by atoms with Crippen molar-refractivity contribution in [1.29, 1.82) is 0 Å². The predicted octanol–water partition coefficient (Wildman–Crippen LogP) is -1.90. The first-order valence-electron chi connectivity index (χ1n) is 21.5. The largest absolute Gasteiger partial charge is 0.468 e. The number of aliphatic hydroxyl groups is 8. The molecule has 3 saturated heterocycles. The summed E-state index contributed by atoms with van der Waals surface area (Å²) in [6, 6.07) is 0. The highest BCUT2D eigenvalue weighted by Gasteiger charge is 2.51. The Bertz CT molecular complexity index is 1840. The Morgan fingerprint density at radius 2 is 1.40 bits per heavy atom. The molecule has 8 N–H and O–H groups in total. The van der Waals surface area contributed by atoms with Crippen LogP contribution in [0.25, 0.3) is 0 Å². The molecule has 2 bridgehead atoms. The van der Waals surface area contributed by atoms with E-state index in [1.807, 2.05) is 13.8 Å². The molecule has 6 aliphatic rings. The van der Waals surface area contributed by atoms with Gasteiger partial charge in [0.2, 0.25) is 12.6 Å². The van der Waals surface area contributed by atoms with Crippen molar-refractivity contribution in [3.63, 3.8) is 0 Å². The third kappa shape index (κ3) is 10.6. The molecule has 0 radical (unpaired) electrons. The van der Waals surface area contributed by atoms with E-state index in [1.165, 1.54) is 6.08 Å². The van der Waals surface area contributed by atoms with Crippen LogP contribution in [0.2, 0.25) is 0 Å². The van der Waals surface area contributed by atoms with Gasteiger partial charge in [-0.3, -0.25) is 9.59 Å². The lowest BCUT2D eigenvalue weighted by atomic mass is 9.83. The molecule has 5 aliphatic heterocycles. The summed E-state index contributed by atoms with van der Waals surface area (Å²) in [7, 11) is 1.15. The fourth-order valence-corrected chi connectivity index (χ4v) is 9.33. The van der Waals surface area contributed by atoms with Crippen LogP contribution in [0.1, 0.15) is 47.0 Å². The summed E-state index contributed by atoms with van der Waals surface area (Å²) < 4.78 is 56.6. The normalized spacial score (nSPS) is 41.6. The van der Waals surface area contributed by atoms with Gasteiger partial charge >= 0.3 is 23.9 Å². The smallest absolute Gasteiger partial charge is 0.338 e. The topological polar surface area (TPSA) is 322 Å². The highest BCUT2D eigenvalue weighted by atomic mass is 16.8. The Hall–Kier alpha value is -4.04. The second kappa shape index (κ2) is 21.7. The molecule has 22 heteroatoms. The van der Waals surface area contributed by atoms with Gasteiger partial charge in [-0.05, 0) is 38.0 Å². The van der Waals surface area contributed by atoms with Crippen molar-refractivity contribution < 1.29 is 107 Å². The Morgan fingerprint density at radius 3 is 1.95 bits per heavy atom. The van der Waals surface area contributed by atoms with Crippen LogP contribution in [-0.4, -0.2) is 178 Å². The van der Waals surface area contributed by atoms with Crippen molar-refractivity contribution in [3.8, 4) is 0 Å². The monoisotopic (exact) mass is 928 g/mol. The van der Waals surface area contributed by atoms with Crippen LogP contribution >= 0.6 is 0 Å². The number of hydrogen-bond acceptors (Lipinski definition) is 22. The zero-order chi connectivity index (χ0) is 47.4. The Labute approximate surface area is 373 Å². The number of aliphatic hydroxyl groups excluding tert-OH is 8. The van der Waals surface area contributed by atoms with Crippen LogP contribution in [0.5, 0.6) is 0 Å². The number of esters is 4. The standard InChI is InChI=1S/C43H60O22/c1-6-19-22(25(38(54)56-5)15-59-40(19)64-42-36(52)34(50)32(48)28(11-44)62-42)9-30(46)57-13-17(3)21-8-27-18(4)24(21)14-58-31(47)10-23-20(7-2)41(60-16-26(23)39(55)61-27)65-43-37(53)35(51)33(49)29(12-45)63-43/h6-7,15-18,21-24,27-29,32-37,40-45,48-53H,8-14H2,1-5H3/b19-6-,20-7-/t17?,18?,21?,22?,23?,24?,27?,28-,29-,32-,33-,34+,35+,36-,37-,40?,41?,42+,43+/m1/s1. The third-order valence-corrected chi connectivity index (χ3v) is 13.3. The van der Waals surface area contributed by atoms with Crippen LogP contribution in [-0.2, 0) is 66.5 Å². The average molecular weight is 929 g/mol. The zero-order valence-corrected chi connectivity index (χ0v) is 36.5. The van der Waals surface area contributed by atoms with Gasteiger partial charge in [-0.15, -0.1) is 0 Å². The third-order valence-electron chi connectivity index (χ3n) is 13.3. The summed E-state index contributed by atoms with van der Waals surface area (Å²) >= 11 is 0. The van der Waals surface area contributed by atoms with Crippen LogP contribution in [0, 0.1) is 35.5 Å². The first-order chi connectivity index (χ1) is 31.0. The van der Waals surface area contributed by atoms with E-state index < -0.39 is 135 Å². The summed E-state index contributed by atoms with van der Waals surface area (Å²) in [4.78, 5) is 53.9. The highest BCUT2D eigenvalue weighted by molar-refractivity contribution is 5.91. The molecule has 0 aromatic heterocycles. The molecule has 19 atom stereocenters. The molecule has 6 rings (SSSR count). The molecule has 22 nitrogen and oxygen atoms in total. The van der Waals surface area contributed by atoms with Gasteiger partial charge in [0.05, 0.1) is 70.0 Å². The zero-order valence-electron chi connectivity index (χ0n) is 36.5. The minimum atomic E-state index is -1.76. The van der Waals surface area contributed by atoms with Gasteiger partial charge in [0, 0.05) is 28.9 Å². The second-order valence-corrected chi connectivity index (χ2v) is 17.0. The van der Waals surface area contributed by atoms with E-state index >= 15 is 0 Å². The van der Waals surface area contributed by atoms with E-state index in [4.69, 9.17) is 47.4 Å². The van der Waals surface area contributed by atoms with Crippen LogP contribution < -0.4 is 0 Å². The van der Waals surface area contributed by atoms with Crippen LogP contribution in [0.3, 0.4) is 0 Å². The van der Waals surface area contributed by atoms with Crippen molar-refractivity contribution in [1.82, 2.24) is 0 Å². The van der Waals surface area contributed by atoms with Crippen molar-refractivity contribution in [2.75, 3.05) is 33.5 Å². The maximum absolute atomic E-state index is 13.9. The minimum Gasteiger partial charge on any atom is -0.468 e. The summed E-state index contributed by atoms with van der Waals surface area (Å²) in [5.74, 6) is -6.18. The Morgan fingerprint density at radius 1 is 0.831 bits per heavy atom. The molecule has 5 heterocycles. The maximum atomic E-state index is 13.9. The van der Waals surface area contributed by atoms with Crippen molar-refractivity contribution in [2.45, 2.75) is 127 Å². The quantitative estimate of drug-likeness (QED) is 0.0602. The van der Waals surface area contributed by atoms with Gasteiger partial charge in [0.1, 0.15) is 54.9 Å². The van der Waals surface area contributed by atoms with E-state index in [1.54, 1.807) is 19.9 Å². The second-order valence-electron chi connectivity index (χ2n) is 17.0. The number of hydrogen-bond donors (Lipinski definition) is 8. The minimum absolute atomic E-state index is 0.00501. The highest BCUT2D eigenvalue weighted by Crippen LogP contribution is 2.46. The van der Waals surface area contributed by atoms with Gasteiger partial charge in [-0.2, -0.15) is 0 Å². The Balaban J connectivity index is 1.11. The van der Waals surface area contributed by atoms with E-state index in [0.717, 1.165) is 19.6 Å². The lowest BCUT2D eigenvalue weighted by Crippen LogP contribution is -2.60. The van der Waals surface area contributed by atoms with Crippen molar-refractivity contribution >= 4 is 23.9 Å². The number of carbonyl (C=O) groups is 4. The molecule has 4 fully saturated rings. The predicted molar refractivity (Wildman–Crippen MR) is 213 cm³/mol. The van der Waals surface area contributed by atoms with Gasteiger partial charge in [0.15, 0.2) is 12.6 Å².